The molecule has 1 aliphatic heterocycles. The van der Waals surface area contributed by atoms with Crippen molar-refractivity contribution >= 4 is 28.5 Å². The summed E-state index contributed by atoms with van der Waals surface area (Å²) in [6.45, 7) is 1.09. The van der Waals surface area contributed by atoms with Gasteiger partial charge in [-0.25, -0.2) is 4.98 Å². The average Bonchev–Trinajstić information content (AvgIpc) is 3.65. The zero-order valence-electron chi connectivity index (χ0n) is 21.0. The molecule has 2 heterocycles. The summed E-state index contributed by atoms with van der Waals surface area (Å²) in [6, 6.07) is 11.2. The Morgan fingerprint density at radius 3 is 2.58 bits per heavy atom. The highest BCUT2D eigenvalue weighted by molar-refractivity contribution is 6.07. The Labute approximate surface area is 211 Å². The molecule has 0 spiro atoms. The molecule has 2 aromatic carbocycles. The van der Waals surface area contributed by atoms with Gasteiger partial charge < -0.3 is 24.7 Å². The molecule has 1 atom stereocenters. The first-order valence-corrected chi connectivity index (χ1v) is 12.8. The third-order valence-electron chi connectivity index (χ3n) is 7.31. The minimum Gasteiger partial charge on any atom is -0.497 e. The summed E-state index contributed by atoms with van der Waals surface area (Å²) < 4.78 is 13.0. The van der Waals surface area contributed by atoms with Gasteiger partial charge in [-0.05, 0) is 61.4 Å². The van der Waals surface area contributed by atoms with Gasteiger partial charge in [0, 0.05) is 32.3 Å². The molecule has 3 aromatic rings. The molecular formula is C28H34N4O4. The standard InChI is InChI=1S/C28H34N4O4/c1-32-26-22(28(34)29-17-19-9-11-21(35-2)12-10-19)15-20(30-25(33)14-18-6-3-4-7-18)16-23(26)31-27(32)24-8-5-13-36-24/h9-12,15-16,18,24H,3-8,13-14,17H2,1-2H3,(H,29,34)(H,30,33)/t24-/m1/s1. The van der Waals surface area contributed by atoms with Crippen molar-refractivity contribution in [2.45, 2.75) is 57.6 Å². The van der Waals surface area contributed by atoms with Crippen molar-refractivity contribution in [1.82, 2.24) is 14.9 Å². The number of anilines is 1. The van der Waals surface area contributed by atoms with Crippen LogP contribution in [0.1, 0.15) is 72.8 Å². The topological polar surface area (TPSA) is 94.5 Å². The third-order valence-corrected chi connectivity index (χ3v) is 7.31. The van der Waals surface area contributed by atoms with E-state index in [9.17, 15) is 9.59 Å². The molecule has 2 N–H and O–H groups in total. The number of nitrogens with one attached hydrogen (secondary N) is 2. The fourth-order valence-electron chi connectivity index (χ4n) is 5.39. The lowest BCUT2D eigenvalue weighted by Crippen LogP contribution is -2.24. The first kappa shape index (κ1) is 24.3. The number of carbonyl (C=O) groups excluding carboxylic acids is 2. The highest BCUT2D eigenvalue weighted by Gasteiger charge is 2.26. The fourth-order valence-corrected chi connectivity index (χ4v) is 5.39. The van der Waals surface area contributed by atoms with Gasteiger partial charge in [0.25, 0.3) is 5.91 Å². The molecule has 0 unspecified atom stereocenters. The highest BCUT2D eigenvalue weighted by Crippen LogP contribution is 2.33. The van der Waals surface area contributed by atoms with E-state index >= 15 is 0 Å². The zero-order valence-corrected chi connectivity index (χ0v) is 21.0. The quantitative estimate of drug-likeness (QED) is 0.469. The van der Waals surface area contributed by atoms with Crippen molar-refractivity contribution in [3.63, 3.8) is 0 Å². The smallest absolute Gasteiger partial charge is 0.253 e. The summed E-state index contributed by atoms with van der Waals surface area (Å²) in [6.07, 6.45) is 6.93. The number of benzene rings is 2. The van der Waals surface area contributed by atoms with Crippen LogP contribution in [0.4, 0.5) is 5.69 Å². The van der Waals surface area contributed by atoms with Crippen LogP contribution in [0.15, 0.2) is 36.4 Å². The Balaban J connectivity index is 1.42. The molecule has 8 nitrogen and oxygen atoms in total. The van der Waals surface area contributed by atoms with Crippen molar-refractivity contribution in [2.75, 3.05) is 19.0 Å². The molecule has 2 amide bonds. The van der Waals surface area contributed by atoms with Crippen LogP contribution in [0.2, 0.25) is 0 Å². The Morgan fingerprint density at radius 1 is 1.11 bits per heavy atom. The van der Waals surface area contributed by atoms with Gasteiger partial charge in [0.15, 0.2) is 0 Å². The summed E-state index contributed by atoms with van der Waals surface area (Å²) in [4.78, 5) is 31.0. The van der Waals surface area contributed by atoms with Crippen molar-refractivity contribution in [3.8, 4) is 5.75 Å². The van der Waals surface area contributed by atoms with E-state index in [0.717, 1.165) is 48.3 Å². The van der Waals surface area contributed by atoms with E-state index in [1.807, 2.05) is 41.9 Å². The number of nitrogens with zero attached hydrogens (tertiary/aromatic N) is 2. The Kier molecular flexibility index (Phi) is 7.23. The summed E-state index contributed by atoms with van der Waals surface area (Å²) in [7, 11) is 3.55. The van der Waals surface area contributed by atoms with Crippen molar-refractivity contribution in [3.05, 3.63) is 53.3 Å². The molecule has 1 aromatic heterocycles. The van der Waals surface area contributed by atoms with Gasteiger partial charge in [-0.15, -0.1) is 0 Å². The average molecular weight is 491 g/mol. The van der Waals surface area contributed by atoms with Gasteiger partial charge in [0.2, 0.25) is 5.91 Å². The molecule has 0 bridgehead atoms. The highest BCUT2D eigenvalue weighted by atomic mass is 16.5. The Morgan fingerprint density at radius 2 is 1.89 bits per heavy atom. The first-order chi connectivity index (χ1) is 17.5. The molecular weight excluding hydrogens is 456 g/mol. The summed E-state index contributed by atoms with van der Waals surface area (Å²) in [5, 5.41) is 6.05. The second kappa shape index (κ2) is 10.7. The van der Waals surface area contributed by atoms with Crippen molar-refractivity contribution in [1.29, 1.82) is 0 Å². The fraction of sp³-hybridized carbons (Fsp3) is 0.464. The van der Waals surface area contributed by atoms with Gasteiger partial charge in [-0.1, -0.05) is 25.0 Å². The number of aromatic nitrogens is 2. The lowest BCUT2D eigenvalue weighted by Gasteiger charge is -2.13. The number of ether oxygens (including phenoxy) is 2. The number of hydrogen-bond donors (Lipinski definition) is 2. The van der Waals surface area contributed by atoms with Crippen LogP contribution in [-0.2, 0) is 23.1 Å². The van der Waals surface area contributed by atoms with Crippen LogP contribution in [0.25, 0.3) is 11.0 Å². The molecule has 2 fully saturated rings. The minimum absolute atomic E-state index is 0.0129. The lowest BCUT2D eigenvalue weighted by atomic mass is 10.0. The largest absolute Gasteiger partial charge is 0.497 e. The SMILES string of the molecule is COc1ccc(CNC(=O)c2cc(NC(=O)CC3CCCC3)cc3nc([C@H]4CCCO4)n(C)c23)cc1. The van der Waals surface area contributed by atoms with Gasteiger partial charge in [0.05, 0.1) is 23.7 Å². The van der Waals surface area contributed by atoms with Gasteiger partial charge >= 0.3 is 0 Å². The van der Waals surface area contributed by atoms with Crippen molar-refractivity contribution < 1.29 is 19.1 Å². The van der Waals surface area contributed by atoms with Gasteiger partial charge in [0.1, 0.15) is 17.7 Å². The first-order valence-electron chi connectivity index (χ1n) is 12.8. The number of hydrogen-bond acceptors (Lipinski definition) is 5. The maximum absolute atomic E-state index is 13.4. The number of aryl methyl sites for hydroxylation is 1. The van der Waals surface area contributed by atoms with Gasteiger partial charge in [-0.3, -0.25) is 9.59 Å². The molecule has 1 saturated carbocycles. The van der Waals surface area contributed by atoms with E-state index in [0.29, 0.717) is 42.3 Å². The van der Waals surface area contributed by atoms with E-state index in [2.05, 4.69) is 10.6 Å². The normalized spacial score (nSPS) is 18.0. The summed E-state index contributed by atoms with van der Waals surface area (Å²) >= 11 is 0. The van der Waals surface area contributed by atoms with E-state index in [1.54, 1.807) is 13.2 Å². The Hall–Kier alpha value is -3.39. The van der Waals surface area contributed by atoms with E-state index < -0.39 is 0 Å². The second-order valence-corrected chi connectivity index (χ2v) is 9.86. The molecule has 36 heavy (non-hydrogen) atoms. The second-order valence-electron chi connectivity index (χ2n) is 9.86. The molecule has 1 saturated heterocycles. The monoisotopic (exact) mass is 490 g/mol. The lowest BCUT2D eigenvalue weighted by molar-refractivity contribution is -0.117. The summed E-state index contributed by atoms with van der Waals surface area (Å²) in [5.74, 6) is 1.79. The number of amides is 2. The predicted octanol–water partition coefficient (Wildman–Crippen LogP) is 4.88. The number of imidazole rings is 1. The van der Waals surface area contributed by atoms with Crippen molar-refractivity contribution in [2.24, 2.45) is 13.0 Å². The molecule has 0 radical (unpaired) electrons. The van der Waals surface area contributed by atoms with Crippen LogP contribution < -0.4 is 15.4 Å². The molecule has 190 valence electrons. The Bertz CT molecular complexity index is 1240. The maximum Gasteiger partial charge on any atom is 0.253 e. The number of rotatable bonds is 8. The van der Waals surface area contributed by atoms with Crippen LogP contribution in [-0.4, -0.2) is 35.1 Å². The number of carbonyl (C=O) groups is 2. The van der Waals surface area contributed by atoms with E-state index in [4.69, 9.17) is 14.5 Å². The maximum atomic E-state index is 13.4. The van der Waals surface area contributed by atoms with Crippen LogP contribution >= 0.6 is 0 Å². The number of fused-ring (bicyclic) bond motifs is 1. The van der Waals surface area contributed by atoms with E-state index in [-0.39, 0.29) is 17.9 Å². The number of methoxy groups -OCH3 is 1. The zero-order chi connectivity index (χ0) is 25.1. The molecule has 2 aliphatic rings. The summed E-state index contributed by atoms with van der Waals surface area (Å²) in [5.41, 5.74) is 3.46. The minimum atomic E-state index is -0.218. The van der Waals surface area contributed by atoms with Crippen LogP contribution in [0, 0.1) is 5.92 Å². The van der Waals surface area contributed by atoms with Gasteiger partial charge in [-0.2, -0.15) is 0 Å². The van der Waals surface area contributed by atoms with E-state index in [1.165, 1.54) is 12.8 Å². The van der Waals surface area contributed by atoms with Crippen LogP contribution in [0.5, 0.6) is 5.75 Å². The molecule has 1 aliphatic carbocycles. The molecule has 5 rings (SSSR count). The predicted molar refractivity (Wildman–Crippen MR) is 138 cm³/mol. The third kappa shape index (κ3) is 5.23. The van der Waals surface area contributed by atoms with Crippen LogP contribution in [0.3, 0.4) is 0 Å². The molecule has 8 heteroatoms.